The van der Waals surface area contributed by atoms with Crippen LogP contribution in [0.5, 0.6) is 5.75 Å². The third-order valence-corrected chi connectivity index (χ3v) is 2.84. The molecule has 1 aromatic carbocycles. The Hall–Kier alpha value is -2.06. The fourth-order valence-electron chi connectivity index (χ4n) is 1.77. The molecule has 0 fully saturated rings. The van der Waals surface area contributed by atoms with E-state index in [1.54, 1.807) is 17.9 Å². The van der Waals surface area contributed by atoms with Crippen molar-refractivity contribution >= 4 is 5.97 Å². The number of halogens is 1. The molecule has 1 N–H and O–H groups in total. The van der Waals surface area contributed by atoms with Crippen molar-refractivity contribution in [3.05, 3.63) is 29.6 Å². The summed E-state index contributed by atoms with van der Waals surface area (Å²) in [6.45, 7) is 1.77. The first-order valence-electron chi connectivity index (χ1n) is 5.72. The van der Waals surface area contributed by atoms with Crippen LogP contribution in [-0.4, -0.2) is 36.2 Å². The van der Waals surface area contributed by atoms with E-state index in [4.69, 9.17) is 16.3 Å². The minimum Gasteiger partial charge on any atom is -0.494 e. The van der Waals surface area contributed by atoms with Crippen molar-refractivity contribution in [3.63, 3.8) is 0 Å². The molecule has 1 rings (SSSR count). The zero-order valence-electron chi connectivity index (χ0n) is 10.9. The average molecular weight is 265 g/mol. The van der Waals surface area contributed by atoms with Gasteiger partial charge in [-0.15, -0.1) is 6.42 Å². The molecule has 0 heterocycles. The van der Waals surface area contributed by atoms with E-state index >= 15 is 0 Å². The minimum absolute atomic E-state index is 0.151. The lowest BCUT2D eigenvalue weighted by Crippen LogP contribution is -2.32. The normalized spacial score (nSPS) is 11.9. The van der Waals surface area contributed by atoms with Crippen molar-refractivity contribution < 1.29 is 19.0 Å². The fraction of sp³-hybridized carbons (Fsp3) is 0.357. The molecule has 0 aliphatic carbocycles. The summed E-state index contributed by atoms with van der Waals surface area (Å²) in [4.78, 5) is 12.4. The Balaban J connectivity index is 2.96. The largest absolute Gasteiger partial charge is 0.494 e. The highest BCUT2D eigenvalue weighted by molar-refractivity contribution is 5.69. The van der Waals surface area contributed by atoms with Gasteiger partial charge in [0.2, 0.25) is 0 Å². The second kappa shape index (κ2) is 6.76. The van der Waals surface area contributed by atoms with E-state index in [0.29, 0.717) is 5.56 Å². The van der Waals surface area contributed by atoms with Gasteiger partial charge in [-0.1, -0.05) is 12.0 Å². The van der Waals surface area contributed by atoms with Gasteiger partial charge in [-0.05, 0) is 24.6 Å². The molecule has 0 radical (unpaired) electrons. The zero-order chi connectivity index (χ0) is 14.4. The smallest absolute Gasteiger partial charge is 0.317 e. The third kappa shape index (κ3) is 3.97. The first-order valence-corrected chi connectivity index (χ1v) is 5.72. The van der Waals surface area contributed by atoms with Gasteiger partial charge < -0.3 is 9.84 Å². The van der Waals surface area contributed by atoms with Gasteiger partial charge in [-0.25, -0.2) is 4.39 Å². The molecule has 4 nitrogen and oxygen atoms in total. The number of aliphatic carboxylic acids is 1. The van der Waals surface area contributed by atoms with Crippen molar-refractivity contribution in [1.29, 1.82) is 0 Å². The molecule has 1 atom stereocenters. The Bertz CT molecular complexity index is 496. The maximum absolute atomic E-state index is 13.6. The number of carboxylic acid groups (broad SMARTS) is 1. The van der Waals surface area contributed by atoms with Gasteiger partial charge >= 0.3 is 5.97 Å². The van der Waals surface area contributed by atoms with Gasteiger partial charge in [0.05, 0.1) is 20.2 Å². The molecule has 0 bridgehead atoms. The second-order valence-corrected chi connectivity index (χ2v) is 4.07. The summed E-state index contributed by atoms with van der Waals surface area (Å²) < 4.78 is 18.5. The van der Waals surface area contributed by atoms with Crippen LogP contribution in [0, 0.1) is 18.2 Å². The summed E-state index contributed by atoms with van der Waals surface area (Å²) in [6, 6.07) is 4.23. The van der Waals surface area contributed by atoms with E-state index < -0.39 is 11.8 Å². The number of carbonyl (C=O) groups is 1. The van der Waals surface area contributed by atoms with E-state index in [9.17, 15) is 9.18 Å². The highest BCUT2D eigenvalue weighted by Crippen LogP contribution is 2.25. The van der Waals surface area contributed by atoms with Crippen LogP contribution in [0.3, 0.4) is 0 Å². The fourth-order valence-corrected chi connectivity index (χ4v) is 1.77. The first-order chi connectivity index (χ1) is 8.99. The molecule has 5 heteroatoms. The van der Waals surface area contributed by atoms with Gasteiger partial charge in [-0.3, -0.25) is 9.69 Å². The van der Waals surface area contributed by atoms with Crippen LogP contribution in [0.25, 0.3) is 0 Å². The molecule has 19 heavy (non-hydrogen) atoms. The van der Waals surface area contributed by atoms with Gasteiger partial charge in [0, 0.05) is 6.04 Å². The van der Waals surface area contributed by atoms with Crippen LogP contribution in [-0.2, 0) is 4.79 Å². The third-order valence-electron chi connectivity index (χ3n) is 2.84. The number of carboxylic acids is 1. The van der Waals surface area contributed by atoms with Gasteiger partial charge in [-0.2, -0.15) is 0 Å². The Morgan fingerprint density at radius 1 is 1.63 bits per heavy atom. The number of methoxy groups -OCH3 is 1. The van der Waals surface area contributed by atoms with Gasteiger partial charge in [0.15, 0.2) is 11.6 Å². The molecule has 0 spiro atoms. The molecule has 0 amide bonds. The highest BCUT2D eigenvalue weighted by atomic mass is 19.1. The Kier molecular flexibility index (Phi) is 5.34. The predicted octanol–water partition coefficient (Wildman–Crippen LogP) is 1.92. The molecular weight excluding hydrogens is 249 g/mol. The monoisotopic (exact) mass is 265 g/mol. The van der Waals surface area contributed by atoms with Gasteiger partial charge in [0.1, 0.15) is 0 Å². The van der Waals surface area contributed by atoms with E-state index in [1.165, 1.54) is 19.2 Å². The van der Waals surface area contributed by atoms with E-state index in [2.05, 4.69) is 5.92 Å². The van der Waals surface area contributed by atoms with Gasteiger partial charge in [0.25, 0.3) is 0 Å². The Morgan fingerprint density at radius 3 is 2.79 bits per heavy atom. The van der Waals surface area contributed by atoms with Crippen LogP contribution in [0.15, 0.2) is 18.2 Å². The molecule has 0 saturated heterocycles. The van der Waals surface area contributed by atoms with E-state index in [-0.39, 0.29) is 24.9 Å². The van der Waals surface area contributed by atoms with Crippen LogP contribution >= 0.6 is 0 Å². The quantitative estimate of drug-likeness (QED) is 0.798. The predicted molar refractivity (Wildman–Crippen MR) is 69.4 cm³/mol. The summed E-state index contributed by atoms with van der Waals surface area (Å²) in [5.74, 6) is 1.10. The lowest BCUT2D eigenvalue weighted by molar-refractivity contribution is -0.138. The average Bonchev–Trinajstić information content (AvgIpc) is 2.36. The summed E-state index contributed by atoms with van der Waals surface area (Å²) in [7, 11) is 1.39. The lowest BCUT2D eigenvalue weighted by atomic mass is 10.1. The van der Waals surface area contributed by atoms with Crippen LogP contribution in [0.2, 0.25) is 0 Å². The molecular formula is C14H16FNO3. The molecule has 1 aromatic rings. The number of rotatable bonds is 6. The molecule has 0 aliphatic rings. The molecule has 1 unspecified atom stereocenters. The molecule has 102 valence electrons. The standard InChI is InChI=1S/C14H16FNO3/c1-4-7-16(9-14(17)18)10(2)11-5-6-13(19-3)12(15)8-11/h1,5-6,8,10H,7,9H2,2-3H3,(H,17,18). The molecule has 0 aromatic heterocycles. The number of hydrogen-bond donors (Lipinski definition) is 1. The first kappa shape index (κ1) is 15.0. The number of ether oxygens (including phenoxy) is 1. The lowest BCUT2D eigenvalue weighted by Gasteiger charge is -2.26. The van der Waals surface area contributed by atoms with Crippen molar-refractivity contribution in [2.45, 2.75) is 13.0 Å². The number of nitrogens with zero attached hydrogens (tertiary/aromatic N) is 1. The van der Waals surface area contributed by atoms with E-state index in [1.807, 2.05) is 0 Å². The second-order valence-electron chi connectivity index (χ2n) is 4.07. The Morgan fingerprint density at radius 2 is 2.32 bits per heavy atom. The summed E-state index contributed by atoms with van der Waals surface area (Å²) in [5, 5.41) is 8.84. The number of benzene rings is 1. The highest BCUT2D eigenvalue weighted by Gasteiger charge is 2.18. The van der Waals surface area contributed by atoms with Crippen LogP contribution in [0.4, 0.5) is 4.39 Å². The maximum Gasteiger partial charge on any atom is 0.317 e. The summed E-state index contributed by atoms with van der Waals surface area (Å²) >= 11 is 0. The molecule has 0 saturated carbocycles. The zero-order valence-corrected chi connectivity index (χ0v) is 10.9. The van der Waals surface area contributed by atoms with Crippen molar-refractivity contribution in [3.8, 4) is 18.1 Å². The summed E-state index contributed by atoms with van der Waals surface area (Å²) in [5.41, 5.74) is 0.648. The maximum atomic E-state index is 13.6. The SMILES string of the molecule is C#CCN(CC(=O)O)C(C)c1ccc(OC)c(F)c1. The minimum atomic E-state index is -0.976. The van der Waals surface area contributed by atoms with Crippen molar-refractivity contribution in [1.82, 2.24) is 4.90 Å². The van der Waals surface area contributed by atoms with E-state index in [0.717, 1.165) is 0 Å². The Labute approximate surface area is 111 Å². The van der Waals surface area contributed by atoms with Crippen LogP contribution < -0.4 is 4.74 Å². The summed E-state index contributed by atoms with van der Waals surface area (Å²) in [6.07, 6.45) is 5.22. The molecule has 0 aliphatic heterocycles. The van der Waals surface area contributed by atoms with Crippen molar-refractivity contribution in [2.75, 3.05) is 20.2 Å². The van der Waals surface area contributed by atoms with Crippen LogP contribution in [0.1, 0.15) is 18.5 Å². The van der Waals surface area contributed by atoms with Crippen molar-refractivity contribution in [2.24, 2.45) is 0 Å². The number of terminal acetylenes is 1. The number of hydrogen-bond acceptors (Lipinski definition) is 3. The topological polar surface area (TPSA) is 49.8 Å².